The summed E-state index contributed by atoms with van der Waals surface area (Å²) in [5.74, 6) is -0.456. The summed E-state index contributed by atoms with van der Waals surface area (Å²) in [6.07, 6.45) is 0.935. The van der Waals surface area contributed by atoms with E-state index in [0.29, 0.717) is 32.5 Å². The Balaban J connectivity index is 1.81. The summed E-state index contributed by atoms with van der Waals surface area (Å²) >= 11 is 0. The molecule has 2 aliphatic heterocycles. The summed E-state index contributed by atoms with van der Waals surface area (Å²) in [5, 5.41) is 5.94. The van der Waals surface area contributed by atoms with E-state index in [4.69, 9.17) is 0 Å². The molecule has 5 nitrogen and oxygen atoms in total. The van der Waals surface area contributed by atoms with Crippen LogP contribution in [-0.4, -0.2) is 42.4 Å². The molecule has 2 saturated heterocycles. The van der Waals surface area contributed by atoms with Crippen LogP contribution >= 0.6 is 0 Å². The van der Waals surface area contributed by atoms with Crippen LogP contribution in [0.5, 0.6) is 0 Å². The van der Waals surface area contributed by atoms with Crippen LogP contribution in [0.1, 0.15) is 24.4 Å². The number of nitrogens with zero attached hydrogens (tertiary/aromatic N) is 1. The highest BCUT2D eigenvalue weighted by molar-refractivity contribution is 5.91. The fourth-order valence-electron chi connectivity index (χ4n) is 2.98. The Morgan fingerprint density at radius 2 is 2.24 bits per heavy atom. The summed E-state index contributed by atoms with van der Waals surface area (Å²) in [5.41, 5.74) is 0.778. The number of halogens is 1. The smallest absolute Gasteiger partial charge is 0.245 e. The molecule has 0 aliphatic carbocycles. The van der Waals surface area contributed by atoms with Crippen LogP contribution in [0.3, 0.4) is 0 Å². The summed E-state index contributed by atoms with van der Waals surface area (Å²) in [6, 6.07) is 5.70. The van der Waals surface area contributed by atoms with Gasteiger partial charge in [0.2, 0.25) is 11.8 Å². The lowest BCUT2D eigenvalue weighted by Gasteiger charge is -2.38. The van der Waals surface area contributed by atoms with Gasteiger partial charge in [0.15, 0.2) is 0 Å². The fraction of sp³-hybridized carbons (Fsp3) is 0.467. The van der Waals surface area contributed by atoms with Gasteiger partial charge in [-0.3, -0.25) is 9.59 Å². The van der Waals surface area contributed by atoms with Gasteiger partial charge in [-0.15, -0.1) is 0 Å². The van der Waals surface area contributed by atoms with Crippen molar-refractivity contribution in [1.82, 2.24) is 15.5 Å². The van der Waals surface area contributed by atoms with Gasteiger partial charge in [-0.2, -0.15) is 0 Å². The SMILES string of the molecule is O=C1CCC(C(=O)N2CCNCC2c2cccc(F)c2)N1. The molecule has 2 heterocycles. The number of amides is 2. The van der Waals surface area contributed by atoms with E-state index in [1.165, 1.54) is 12.1 Å². The molecule has 2 aliphatic rings. The van der Waals surface area contributed by atoms with Crippen molar-refractivity contribution >= 4 is 11.8 Å². The maximum atomic E-state index is 13.4. The van der Waals surface area contributed by atoms with E-state index >= 15 is 0 Å². The number of benzene rings is 1. The second-order valence-corrected chi connectivity index (χ2v) is 5.47. The third kappa shape index (κ3) is 2.90. The maximum Gasteiger partial charge on any atom is 0.245 e. The molecule has 0 radical (unpaired) electrons. The van der Waals surface area contributed by atoms with Crippen molar-refractivity contribution < 1.29 is 14.0 Å². The van der Waals surface area contributed by atoms with Crippen LogP contribution in [-0.2, 0) is 9.59 Å². The molecule has 3 rings (SSSR count). The zero-order valence-electron chi connectivity index (χ0n) is 11.6. The molecule has 0 aromatic heterocycles. The molecule has 2 fully saturated rings. The molecule has 6 heteroatoms. The molecular weight excluding hydrogens is 273 g/mol. The summed E-state index contributed by atoms with van der Waals surface area (Å²) in [4.78, 5) is 25.6. The van der Waals surface area contributed by atoms with Crippen LogP contribution in [0.2, 0.25) is 0 Å². The first-order valence-electron chi connectivity index (χ1n) is 7.21. The minimum atomic E-state index is -0.438. The Kier molecular flexibility index (Phi) is 3.88. The van der Waals surface area contributed by atoms with Crippen molar-refractivity contribution in [3.05, 3.63) is 35.6 Å². The van der Waals surface area contributed by atoms with Crippen molar-refractivity contribution in [1.29, 1.82) is 0 Å². The molecule has 0 saturated carbocycles. The Hall–Kier alpha value is -1.95. The molecule has 2 atom stereocenters. The highest BCUT2D eigenvalue weighted by Gasteiger charge is 2.35. The van der Waals surface area contributed by atoms with Crippen LogP contribution in [0.15, 0.2) is 24.3 Å². The Labute approximate surface area is 122 Å². The van der Waals surface area contributed by atoms with Crippen molar-refractivity contribution in [3.63, 3.8) is 0 Å². The van der Waals surface area contributed by atoms with Crippen molar-refractivity contribution in [2.24, 2.45) is 0 Å². The number of hydrogen-bond acceptors (Lipinski definition) is 3. The van der Waals surface area contributed by atoms with Gasteiger partial charge < -0.3 is 15.5 Å². The lowest BCUT2D eigenvalue weighted by molar-refractivity contribution is -0.137. The molecule has 0 bridgehead atoms. The van der Waals surface area contributed by atoms with Gasteiger partial charge in [0, 0.05) is 26.1 Å². The molecule has 0 spiro atoms. The zero-order chi connectivity index (χ0) is 14.8. The number of carbonyl (C=O) groups is 2. The number of piperazine rings is 1. The van der Waals surface area contributed by atoms with Crippen LogP contribution in [0.4, 0.5) is 4.39 Å². The van der Waals surface area contributed by atoms with Gasteiger partial charge in [0.25, 0.3) is 0 Å². The normalized spacial score (nSPS) is 25.8. The van der Waals surface area contributed by atoms with E-state index < -0.39 is 6.04 Å². The predicted octanol–water partition coefficient (Wildman–Crippen LogP) is 0.577. The molecule has 2 amide bonds. The van der Waals surface area contributed by atoms with E-state index in [2.05, 4.69) is 10.6 Å². The quantitative estimate of drug-likeness (QED) is 0.838. The number of carbonyl (C=O) groups excluding carboxylic acids is 2. The Bertz CT molecular complexity index is 564. The first-order valence-corrected chi connectivity index (χ1v) is 7.21. The van der Waals surface area contributed by atoms with E-state index in [1.54, 1.807) is 11.0 Å². The standard InChI is InChI=1S/C15H18FN3O2/c16-11-3-1-2-10(8-11)13-9-17-6-7-19(13)15(21)12-4-5-14(20)18-12/h1-3,8,12-13,17H,4-7,9H2,(H,18,20). The third-order valence-corrected chi connectivity index (χ3v) is 4.05. The highest BCUT2D eigenvalue weighted by Crippen LogP contribution is 2.25. The van der Waals surface area contributed by atoms with Crippen LogP contribution in [0.25, 0.3) is 0 Å². The van der Waals surface area contributed by atoms with Gasteiger partial charge >= 0.3 is 0 Å². The van der Waals surface area contributed by atoms with E-state index in [9.17, 15) is 14.0 Å². The van der Waals surface area contributed by atoms with E-state index in [0.717, 1.165) is 5.56 Å². The minimum Gasteiger partial charge on any atom is -0.344 e. The van der Waals surface area contributed by atoms with Gasteiger partial charge in [-0.05, 0) is 24.1 Å². The van der Waals surface area contributed by atoms with E-state index in [1.807, 2.05) is 6.07 Å². The third-order valence-electron chi connectivity index (χ3n) is 4.05. The summed E-state index contributed by atoms with van der Waals surface area (Å²) in [6.45, 7) is 1.86. The van der Waals surface area contributed by atoms with Crippen molar-refractivity contribution in [2.45, 2.75) is 24.9 Å². The predicted molar refractivity (Wildman–Crippen MR) is 74.9 cm³/mol. The number of rotatable bonds is 2. The summed E-state index contributed by atoms with van der Waals surface area (Å²) < 4.78 is 13.4. The molecule has 2 unspecified atom stereocenters. The van der Waals surface area contributed by atoms with Gasteiger partial charge in [0.05, 0.1) is 6.04 Å². The molecule has 112 valence electrons. The minimum absolute atomic E-state index is 0.0726. The van der Waals surface area contributed by atoms with Gasteiger partial charge in [-0.25, -0.2) is 4.39 Å². The summed E-state index contributed by atoms with van der Waals surface area (Å²) in [7, 11) is 0. The van der Waals surface area contributed by atoms with E-state index in [-0.39, 0.29) is 23.7 Å². The van der Waals surface area contributed by atoms with Crippen molar-refractivity contribution in [2.75, 3.05) is 19.6 Å². The highest BCUT2D eigenvalue weighted by atomic mass is 19.1. The van der Waals surface area contributed by atoms with Crippen LogP contribution < -0.4 is 10.6 Å². The fourth-order valence-corrected chi connectivity index (χ4v) is 2.98. The first kappa shape index (κ1) is 14.0. The Morgan fingerprint density at radius 1 is 1.38 bits per heavy atom. The molecule has 21 heavy (non-hydrogen) atoms. The molecule has 2 N–H and O–H groups in total. The lowest BCUT2D eigenvalue weighted by atomic mass is 10.0. The zero-order valence-corrected chi connectivity index (χ0v) is 11.6. The Morgan fingerprint density at radius 3 is 2.95 bits per heavy atom. The second-order valence-electron chi connectivity index (χ2n) is 5.47. The first-order chi connectivity index (χ1) is 10.1. The van der Waals surface area contributed by atoms with Gasteiger partial charge in [0.1, 0.15) is 11.9 Å². The largest absolute Gasteiger partial charge is 0.344 e. The second kappa shape index (κ2) is 5.81. The topological polar surface area (TPSA) is 61.4 Å². The molecule has 1 aromatic carbocycles. The van der Waals surface area contributed by atoms with Crippen molar-refractivity contribution in [3.8, 4) is 0 Å². The van der Waals surface area contributed by atoms with Gasteiger partial charge in [-0.1, -0.05) is 12.1 Å². The number of hydrogen-bond donors (Lipinski definition) is 2. The van der Waals surface area contributed by atoms with Crippen LogP contribution in [0, 0.1) is 5.82 Å². The maximum absolute atomic E-state index is 13.4. The lowest BCUT2D eigenvalue weighted by Crippen LogP contribution is -2.53. The molecule has 1 aromatic rings. The average molecular weight is 291 g/mol. The number of nitrogens with one attached hydrogen (secondary N) is 2. The monoisotopic (exact) mass is 291 g/mol. The molecular formula is C15H18FN3O2. The average Bonchev–Trinajstić information content (AvgIpc) is 2.93.